The fraction of sp³-hybridized carbons (Fsp3) is 0.650. The summed E-state index contributed by atoms with van der Waals surface area (Å²) >= 11 is 0. The molecule has 126 valence electrons. The van der Waals surface area contributed by atoms with E-state index in [0.29, 0.717) is 29.7 Å². The number of rotatable bonds is 3. The van der Waals surface area contributed by atoms with E-state index >= 15 is 4.39 Å². The molecule has 4 atom stereocenters. The molecule has 2 aliphatic rings. The van der Waals surface area contributed by atoms with Crippen LogP contribution in [0, 0.1) is 17.8 Å². The third kappa shape index (κ3) is 3.02. The molecule has 1 saturated carbocycles. The fourth-order valence-corrected chi connectivity index (χ4v) is 4.26. The first-order chi connectivity index (χ1) is 10.9. The van der Waals surface area contributed by atoms with Crippen molar-refractivity contribution in [2.75, 3.05) is 0 Å². The van der Waals surface area contributed by atoms with E-state index in [4.69, 9.17) is 4.74 Å². The number of carbonyl (C=O) groups is 1. The van der Waals surface area contributed by atoms with Crippen LogP contribution in [0.1, 0.15) is 57.6 Å². The van der Waals surface area contributed by atoms with E-state index in [2.05, 4.69) is 20.8 Å². The monoisotopic (exact) mass is 318 g/mol. The molecule has 2 aliphatic carbocycles. The topological polar surface area (TPSA) is 26.3 Å². The molecular weight excluding hydrogens is 291 g/mol. The summed E-state index contributed by atoms with van der Waals surface area (Å²) in [6, 6.07) is 7.33. The molecule has 0 amide bonds. The Labute approximate surface area is 138 Å². The van der Waals surface area contributed by atoms with Gasteiger partial charge in [-0.05, 0) is 42.6 Å². The van der Waals surface area contributed by atoms with Gasteiger partial charge < -0.3 is 4.74 Å². The number of ether oxygens (including phenoxy) is 1. The molecule has 1 aromatic carbocycles. The van der Waals surface area contributed by atoms with Gasteiger partial charge in [0.1, 0.15) is 6.10 Å². The molecule has 0 radical (unpaired) electrons. The first-order valence-electron chi connectivity index (χ1n) is 8.90. The van der Waals surface area contributed by atoms with E-state index in [-0.39, 0.29) is 12.5 Å². The third-order valence-electron chi connectivity index (χ3n) is 5.73. The summed E-state index contributed by atoms with van der Waals surface area (Å²) in [6.07, 6.45) is 3.75. The van der Waals surface area contributed by atoms with Gasteiger partial charge in [0.15, 0.2) is 0 Å². The van der Waals surface area contributed by atoms with Crippen LogP contribution in [0.5, 0.6) is 0 Å². The molecule has 0 saturated heterocycles. The molecule has 23 heavy (non-hydrogen) atoms. The maximum absolute atomic E-state index is 15.4. The highest BCUT2D eigenvalue weighted by molar-refractivity contribution is 5.83. The fourth-order valence-electron chi connectivity index (χ4n) is 4.26. The van der Waals surface area contributed by atoms with E-state index in [1.807, 2.05) is 12.1 Å². The van der Waals surface area contributed by atoms with Crippen LogP contribution in [-0.4, -0.2) is 12.1 Å². The lowest BCUT2D eigenvalue weighted by Crippen LogP contribution is -2.40. The van der Waals surface area contributed by atoms with Crippen LogP contribution < -0.4 is 0 Å². The van der Waals surface area contributed by atoms with Crippen molar-refractivity contribution in [2.24, 2.45) is 17.8 Å². The zero-order chi connectivity index (χ0) is 16.6. The van der Waals surface area contributed by atoms with Crippen LogP contribution in [0.15, 0.2) is 24.3 Å². The molecule has 0 bridgehead atoms. The first kappa shape index (κ1) is 16.5. The summed E-state index contributed by atoms with van der Waals surface area (Å²) in [4.78, 5) is 12.7. The SMILES string of the molecule is CC(C)[C@@H]1CC[C@@H](C)C[C@H]1OC(=O)C1(F)CCc2ccccc21. The molecule has 2 nitrogen and oxygen atoms in total. The number of fused-ring (bicyclic) bond motifs is 1. The number of benzene rings is 1. The number of carbonyl (C=O) groups excluding carboxylic acids is 1. The standard InChI is InChI=1S/C20H27FO2/c1-13(2)16-9-8-14(3)12-18(16)23-19(22)20(21)11-10-15-6-4-5-7-17(15)20/h4-7,13-14,16,18H,8-12H2,1-3H3/t14-,16+,18-,20?/m1/s1. The Morgan fingerprint density at radius 3 is 2.78 bits per heavy atom. The minimum atomic E-state index is -1.96. The van der Waals surface area contributed by atoms with Gasteiger partial charge in [-0.1, -0.05) is 51.5 Å². The van der Waals surface area contributed by atoms with Gasteiger partial charge in [-0.15, -0.1) is 0 Å². The lowest BCUT2D eigenvalue weighted by molar-refractivity contribution is -0.171. The van der Waals surface area contributed by atoms with Crippen LogP contribution in [0.3, 0.4) is 0 Å². The summed E-state index contributed by atoms with van der Waals surface area (Å²) in [5, 5.41) is 0. The van der Waals surface area contributed by atoms with E-state index in [9.17, 15) is 4.79 Å². The van der Waals surface area contributed by atoms with Crippen molar-refractivity contribution >= 4 is 5.97 Å². The van der Waals surface area contributed by atoms with Gasteiger partial charge in [-0.2, -0.15) is 0 Å². The Morgan fingerprint density at radius 1 is 1.30 bits per heavy atom. The Hall–Kier alpha value is -1.38. The average molecular weight is 318 g/mol. The maximum Gasteiger partial charge on any atom is 0.348 e. The van der Waals surface area contributed by atoms with Crippen molar-refractivity contribution in [1.29, 1.82) is 0 Å². The molecule has 0 N–H and O–H groups in total. The minimum absolute atomic E-state index is 0.147. The molecule has 1 fully saturated rings. The Bertz CT molecular complexity index is 583. The van der Waals surface area contributed by atoms with Crippen molar-refractivity contribution in [2.45, 2.75) is 64.6 Å². The molecule has 1 unspecified atom stereocenters. The summed E-state index contributed by atoms with van der Waals surface area (Å²) in [6.45, 7) is 6.52. The van der Waals surface area contributed by atoms with Gasteiger partial charge in [0, 0.05) is 12.0 Å². The molecule has 3 heteroatoms. The van der Waals surface area contributed by atoms with E-state index in [1.54, 1.807) is 12.1 Å². The Morgan fingerprint density at radius 2 is 2.04 bits per heavy atom. The smallest absolute Gasteiger partial charge is 0.348 e. The largest absolute Gasteiger partial charge is 0.459 e. The predicted octanol–water partition coefficient (Wildman–Crippen LogP) is 4.80. The van der Waals surface area contributed by atoms with E-state index < -0.39 is 11.6 Å². The van der Waals surface area contributed by atoms with Crippen LogP contribution >= 0.6 is 0 Å². The number of aryl methyl sites for hydroxylation is 1. The summed E-state index contributed by atoms with van der Waals surface area (Å²) < 4.78 is 21.2. The second kappa shape index (κ2) is 6.26. The molecule has 0 aromatic heterocycles. The van der Waals surface area contributed by atoms with Gasteiger partial charge in [-0.25, -0.2) is 9.18 Å². The highest BCUT2D eigenvalue weighted by atomic mass is 19.1. The van der Waals surface area contributed by atoms with Crippen molar-refractivity contribution in [1.82, 2.24) is 0 Å². The van der Waals surface area contributed by atoms with Crippen molar-refractivity contribution in [3.05, 3.63) is 35.4 Å². The zero-order valence-electron chi connectivity index (χ0n) is 14.3. The van der Waals surface area contributed by atoms with Gasteiger partial charge in [0.25, 0.3) is 0 Å². The van der Waals surface area contributed by atoms with Crippen LogP contribution in [0.2, 0.25) is 0 Å². The third-order valence-corrected chi connectivity index (χ3v) is 5.73. The van der Waals surface area contributed by atoms with Crippen molar-refractivity contribution in [3.63, 3.8) is 0 Å². The van der Waals surface area contributed by atoms with Crippen molar-refractivity contribution < 1.29 is 13.9 Å². The predicted molar refractivity (Wildman–Crippen MR) is 88.8 cm³/mol. The van der Waals surface area contributed by atoms with Crippen LogP contribution in [0.25, 0.3) is 0 Å². The molecule has 0 spiro atoms. The highest BCUT2D eigenvalue weighted by Crippen LogP contribution is 2.43. The number of esters is 1. The Balaban J connectivity index is 1.78. The van der Waals surface area contributed by atoms with Crippen molar-refractivity contribution in [3.8, 4) is 0 Å². The molecular formula is C20H27FO2. The number of hydrogen-bond donors (Lipinski definition) is 0. The molecule has 1 aromatic rings. The number of hydrogen-bond acceptors (Lipinski definition) is 2. The summed E-state index contributed by atoms with van der Waals surface area (Å²) in [5.41, 5.74) is -0.516. The highest BCUT2D eigenvalue weighted by Gasteiger charge is 2.49. The molecule has 0 heterocycles. The maximum atomic E-state index is 15.4. The van der Waals surface area contributed by atoms with Gasteiger partial charge in [0.05, 0.1) is 0 Å². The lowest BCUT2D eigenvalue weighted by atomic mass is 9.75. The second-order valence-electron chi connectivity index (χ2n) is 7.73. The zero-order valence-corrected chi connectivity index (χ0v) is 14.3. The van der Waals surface area contributed by atoms with Crippen LogP contribution in [-0.2, 0) is 21.6 Å². The minimum Gasteiger partial charge on any atom is -0.459 e. The normalized spacial score (nSPS) is 33.5. The molecule has 0 aliphatic heterocycles. The molecule has 3 rings (SSSR count). The van der Waals surface area contributed by atoms with Gasteiger partial charge >= 0.3 is 5.97 Å². The first-order valence-corrected chi connectivity index (χ1v) is 8.90. The lowest BCUT2D eigenvalue weighted by Gasteiger charge is -2.37. The number of halogens is 1. The number of alkyl halides is 1. The van der Waals surface area contributed by atoms with Gasteiger partial charge in [0.2, 0.25) is 5.67 Å². The van der Waals surface area contributed by atoms with E-state index in [1.165, 1.54) is 6.42 Å². The van der Waals surface area contributed by atoms with E-state index in [0.717, 1.165) is 18.4 Å². The average Bonchev–Trinajstić information content (AvgIpc) is 2.86. The second-order valence-corrected chi connectivity index (χ2v) is 7.73. The Kier molecular flexibility index (Phi) is 4.48. The summed E-state index contributed by atoms with van der Waals surface area (Å²) in [5.74, 6) is 0.656. The van der Waals surface area contributed by atoms with Gasteiger partial charge in [-0.3, -0.25) is 0 Å². The quantitative estimate of drug-likeness (QED) is 0.748. The van der Waals surface area contributed by atoms with Crippen LogP contribution in [0.4, 0.5) is 4.39 Å². The summed E-state index contributed by atoms with van der Waals surface area (Å²) in [7, 11) is 0.